The molecule has 4 nitrogen and oxygen atoms in total. The third-order valence-electron chi connectivity index (χ3n) is 3.36. The van der Waals surface area contributed by atoms with Crippen LogP contribution in [0.25, 0.3) is 0 Å². The van der Waals surface area contributed by atoms with E-state index in [0.717, 1.165) is 18.4 Å². The zero-order valence-electron chi connectivity index (χ0n) is 16.4. The number of carbonyl (C=O) groups is 1. The van der Waals surface area contributed by atoms with E-state index in [1.54, 1.807) is 25.1 Å². The van der Waals surface area contributed by atoms with Crippen LogP contribution in [0, 0.1) is 5.82 Å². The SMILES string of the molecule is CC.CCOC(=O)Nc1ccc(CC)cc1N.CCc1ccc(F)cc1. The molecule has 0 aliphatic heterocycles. The minimum atomic E-state index is -0.478. The molecular formula is C21H31FN2O2. The van der Waals surface area contributed by atoms with Gasteiger partial charge in [0.2, 0.25) is 0 Å². The summed E-state index contributed by atoms with van der Waals surface area (Å²) >= 11 is 0. The number of nitrogens with two attached hydrogens (primary N) is 1. The van der Waals surface area contributed by atoms with Gasteiger partial charge in [-0.2, -0.15) is 0 Å². The average molecular weight is 362 g/mol. The summed E-state index contributed by atoms with van der Waals surface area (Å²) in [6, 6.07) is 12.1. The van der Waals surface area contributed by atoms with Crippen molar-refractivity contribution in [2.45, 2.75) is 47.5 Å². The summed E-state index contributed by atoms with van der Waals surface area (Å²) < 4.78 is 17.0. The second-order valence-corrected chi connectivity index (χ2v) is 5.10. The fourth-order valence-corrected chi connectivity index (χ4v) is 1.94. The molecule has 3 N–H and O–H groups in total. The molecule has 0 aromatic heterocycles. The zero-order valence-corrected chi connectivity index (χ0v) is 16.4. The Morgan fingerprint density at radius 2 is 1.54 bits per heavy atom. The van der Waals surface area contributed by atoms with Gasteiger partial charge in [0.15, 0.2) is 0 Å². The third kappa shape index (κ3) is 9.06. The number of benzene rings is 2. The Morgan fingerprint density at radius 3 is 2.00 bits per heavy atom. The molecule has 0 heterocycles. The lowest BCUT2D eigenvalue weighted by molar-refractivity contribution is 0.168. The normalized spacial score (nSPS) is 9.15. The van der Waals surface area contributed by atoms with Gasteiger partial charge in [0, 0.05) is 0 Å². The monoisotopic (exact) mass is 362 g/mol. The smallest absolute Gasteiger partial charge is 0.411 e. The Hall–Kier alpha value is -2.56. The Kier molecular flexibility index (Phi) is 12.4. The molecule has 0 saturated carbocycles. The summed E-state index contributed by atoms with van der Waals surface area (Å²) in [4.78, 5) is 11.1. The molecule has 0 aliphatic rings. The molecule has 5 heteroatoms. The van der Waals surface area contributed by atoms with Crippen molar-refractivity contribution in [2.75, 3.05) is 17.7 Å². The van der Waals surface area contributed by atoms with E-state index in [9.17, 15) is 9.18 Å². The summed E-state index contributed by atoms with van der Waals surface area (Å²) in [7, 11) is 0. The highest BCUT2D eigenvalue weighted by molar-refractivity contribution is 5.88. The van der Waals surface area contributed by atoms with Crippen LogP contribution in [-0.4, -0.2) is 12.7 Å². The molecule has 0 spiro atoms. The first-order valence-electron chi connectivity index (χ1n) is 9.06. The summed E-state index contributed by atoms with van der Waals surface area (Å²) in [6.07, 6.45) is 1.41. The van der Waals surface area contributed by atoms with Gasteiger partial charge < -0.3 is 10.5 Å². The van der Waals surface area contributed by atoms with Gasteiger partial charge in [-0.3, -0.25) is 5.32 Å². The number of nitrogen functional groups attached to an aromatic ring is 1. The average Bonchev–Trinajstić information content (AvgIpc) is 2.66. The quantitative estimate of drug-likeness (QED) is 0.674. The fourth-order valence-electron chi connectivity index (χ4n) is 1.94. The van der Waals surface area contributed by atoms with Gasteiger partial charge in [0.25, 0.3) is 0 Å². The largest absolute Gasteiger partial charge is 0.450 e. The van der Waals surface area contributed by atoms with Gasteiger partial charge in [0.05, 0.1) is 18.0 Å². The van der Waals surface area contributed by atoms with E-state index in [-0.39, 0.29) is 5.82 Å². The zero-order chi connectivity index (χ0) is 19.9. The standard InChI is InChI=1S/C11H16N2O2.C8H9F.C2H6/c1-3-8-5-6-10(9(12)7-8)13-11(14)15-4-2;1-2-7-3-5-8(9)6-4-7;1-2/h5-7H,3-4,12H2,1-2H3,(H,13,14);3-6H,2H2,1H3;1-2H3. The summed E-state index contributed by atoms with van der Waals surface area (Å²) in [6.45, 7) is 10.2. The van der Waals surface area contributed by atoms with Crippen molar-refractivity contribution in [3.63, 3.8) is 0 Å². The maximum absolute atomic E-state index is 12.2. The minimum absolute atomic E-state index is 0.160. The molecule has 2 aromatic rings. The lowest BCUT2D eigenvalue weighted by Crippen LogP contribution is -2.14. The van der Waals surface area contributed by atoms with E-state index in [0.29, 0.717) is 18.0 Å². The predicted octanol–water partition coefficient (Wildman–Crippen LogP) is 5.81. The van der Waals surface area contributed by atoms with Crippen LogP contribution in [-0.2, 0) is 17.6 Å². The molecule has 0 atom stereocenters. The maximum Gasteiger partial charge on any atom is 0.411 e. The summed E-state index contributed by atoms with van der Waals surface area (Å²) in [5.74, 6) is -0.160. The number of carbonyl (C=O) groups excluding carboxylic acids is 1. The number of hydrogen-bond acceptors (Lipinski definition) is 3. The lowest BCUT2D eigenvalue weighted by atomic mass is 10.1. The number of halogens is 1. The highest BCUT2D eigenvalue weighted by Crippen LogP contribution is 2.20. The van der Waals surface area contributed by atoms with Crippen LogP contribution in [0.3, 0.4) is 0 Å². The molecule has 0 aliphatic carbocycles. The van der Waals surface area contributed by atoms with Crippen LogP contribution in [0.5, 0.6) is 0 Å². The summed E-state index contributed by atoms with van der Waals surface area (Å²) in [5.41, 5.74) is 9.24. The molecule has 0 bridgehead atoms. The first kappa shape index (κ1) is 23.4. The topological polar surface area (TPSA) is 64.3 Å². The fraction of sp³-hybridized carbons (Fsp3) is 0.381. The predicted molar refractivity (Wildman–Crippen MR) is 108 cm³/mol. The molecule has 0 unspecified atom stereocenters. The van der Waals surface area contributed by atoms with Gasteiger partial charge in [-0.05, 0) is 55.2 Å². The Morgan fingerprint density at radius 1 is 1.00 bits per heavy atom. The second kappa shape index (κ2) is 13.7. The van der Waals surface area contributed by atoms with Gasteiger partial charge in [-0.1, -0.05) is 45.9 Å². The van der Waals surface area contributed by atoms with Gasteiger partial charge >= 0.3 is 6.09 Å². The number of hydrogen-bond donors (Lipinski definition) is 2. The maximum atomic E-state index is 12.2. The molecule has 0 saturated heterocycles. The van der Waals surface area contributed by atoms with Crippen molar-refractivity contribution >= 4 is 17.5 Å². The molecular weight excluding hydrogens is 331 g/mol. The second-order valence-electron chi connectivity index (χ2n) is 5.10. The van der Waals surface area contributed by atoms with Crippen molar-refractivity contribution in [2.24, 2.45) is 0 Å². The van der Waals surface area contributed by atoms with E-state index >= 15 is 0 Å². The molecule has 0 fully saturated rings. The highest BCUT2D eigenvalue weighted by Gasteiger charge is 2.05. The first-order valence-corrected chi connectivity index (χ1v) is 9.06. The Bertz CT molecular complexity index is 643. The molecule has 1 amide bonds. The minimum Gasteiger partial charge on any atom is -0.450 e. The number of amides is 1. The van der Waals surface area contributed by atoms with Crippen molar-refractivity contribution in [3.05, 3.63) is 59.4 Å². The van der Waals surface area contributed by atoms with Gasteiger partial charge in [0.1, 0.15) is 5.82 Å². The number of ether oxygens (including phenoxy) is 1. The van der Waals surface area contributed by atoms with Crippen LogP contribution >= 0.6 is 0 Å². The number of rotatable bonds is 4. The van der Waals surface area contributed by atoms with Crippen LogP contribution in [0.4, 0.5) is 20.6 Å². The third-order valence-corrected chi connectivity index (χ3v) is 3.36. The first-order chi connectivity index (χ1) is 12.5. The Labute approximate surface area is 156 Å². The van der Waals surface area contributed by atoms with E-state index in [4.69, 9.17) is 10.5 Å². The molecule has 26 heavy (non-hydrogen) atoms. The van der Waals surface area contributed by atoms with Crippen LogP contribution in [0.2, 0.25) is 0 Å². The van der Waals surface area contributed by atoms with Crippen LogP contribution < -0.4 is 11.1 Å². The van der Waals surface area contributed by atoms with Gasteiger partial charge in [-0.15, -0.1) is 0 Å². The molecule has 0 radical (unpaired) electrons. The van der Waals surface area contributed by atoms with E-state index in [1.165, 1.54) is 17.7 Å². The Balaban J connectivity index is 0.000000484. The van der Waals surface area contributed by atoms with Gasteiger partial charge in [-0.25, -0.2) is 9.18 Å². The van der Waals surface area contributed by atoms with Crippen LogP contribution in [0.1, 0.15) is 45.7 Å². The molecule has 144 valence electrons. The van der Waals surface area contributed by atoms with E-state index in [2.05, 4.69) is 5.32 Å². The number of nitrogens with one attached hydrogen (secondary N) is 1. The summed E-state index contributed by atoms with van der Waals surface area (Å²) in [5, 5.41) is 2.58. The van der Waals surface area contributed by atoms with Crippen LogP contribution in [0.15, 0.2) is 42.5 Å². The highest BCUT2D eigenvalue weighted by atomic mass is 19.1. The van der Waals surface area contributed by atoms with E-state index < -0.39 is 6.09 Å². The number of aryl methyl sites for hydroxylation is 2. The van der Waals surface area contributed by atoms with Crippen molar-refractivity contribution < 1.29 is 13.9 Å². The van der Waals surface area contributed by atoms with Crippen molar-refractivity contribution in [1.82, 2.24) is 0 Å². The number of anilines is 2. The lowest BCUT2D eigenvalue weighted by Gasteiger charge is -2.08. The van der Waals surface area contributed by atoms with Crippen molar-refractivity contribution in [3.8, 4) is 0 Å². The molecule has 2 rings (SSSR count). The molecule has 2 aromatic carbocycles. The van der Waals surface area contributed by atoms with E-state index in [1.807, 2.05) is 39.8 Å². The van der Waals surface area contributed by atoms with Crippen molar-refractivity contribution in [1.29, 1.82) is 0 Å².